The Hall–Kier alpha value is 0.0400. The van der Waals surface area contributed by atoms with E-state index in [9.17, 15) is 0 Å². The molecule has 0 saturated carbocycles. The van der Waals surface area contributed by atoms with E-state index in [4.69, 9.17) is 11.6 Å². The first-order valence-corrected chi connectivity index (χ1v) is 8.42. The maximum Gasteiger partial charge on any atom is 0.0939 e. The summed E-state index contributed by atoms with van der Waals surface area (Å²) in [5.74, 6) is 0. The average Bonchev–Trinajstić information content (AvgIpc) is 2.68. The molecule has 1 unspecified atom stereocenters. The quantitative estimate of drug-likeness (QED) is 0.494. The number of thiophene rings is 1. The Morgan fingerprint density at radius 3 is 2.41 bits per heavy atom. The van der Waals surface area contributed by atoms with Gasteiger partial charge in [0.15, 0.2) is 0 Å². The number of benzene rings is 1. The second kappa shape index (κ2) is 5.79. The van der Waals surface area contributed by atoms with Crippen LogP contribution in [0.15, 0.2) is 39.7 Å². The molecular formula is C13H12BrClS2. The third kappa shape index (κ3) is 3.08. The lowest BCUT2D eigenvalue weighted by Gasteiger charge is -2.09. The fraction of sp³-hybridized carbons (Fsp3) is 0.231. The fourth-order valence-electron chi connectivity index (χ4n) is 1.60. The van der Waals surface area contributed by atoms with Gasteiger partial charge in [0.25, 0.3) is 0 Å². The molecule has 2 rings (SSSR count). The minimum absolute atomic E-state index is 0.0704. The van der Waals surface area contributed by atoms with Crippen molar-refractivity contribution in [1.82, 2.24) is 0 Å². The summed E-state index contributed by atoms with van der Waals surface area (Å²) >= 11 is 13.6. The molecule has 0 radical (unpaired) electrons. The van der Waals surface area contributed by atoms with Crippen molar-refractivity contribution < 1.29 is 0 Å². The first-order chi connectivity index (χ1) is 8.11. The molecule has 0 saturated heterocycles. The van der Waals surface area contributed by atoms with Crippen LogP contribution in [0.25, 0.3) is 0 Å². The number of rotatable bonds is 3. The molecular weight excluding hydrogens is 336 g/mol. The molecule has 1 aromatic carbocycles. The van der Waals surface area contributed by atoms with Crippen LogP contribution in [-0.2, 0) is 0 Å². The van der Waals surface area contributed by atoms with Crippen molar-refractivity contribution in [3.05, 3.63) is 50.1 Å². The van der Waals surface area contributed by atoms with E-state index in [2.05, 4.69) is 59.4 Å². The molecule has 0 aliphatic carbocycles. The summed E-state index contributed by atoms with van der Waals surface area (Å²) in [7, 11) is 0. The molecule has 0 N–H and O–H groups in total. The lowest BCUT2D eigenvalue weighted by molar-refractivity contribution is 1.16. The number of halogens is 2. The Labute approximate surface area is 124 Å². The largest absolute Gasteiger partial charge is 0.143 e. The number of hydrogen-bond acceptors (Lipinski definition) is 2. The highest BCUT2D eigenvalue weighted by Crippen LogP contribution is 2.39. The van der Waals surface area contributed by atoms with Crippen molar-refractivity contribution in [2.45, 2.75) is 17.2 Å². The number of hydrogen-bond donors (Lipinski definition) is 0. The molecule has 17 heavy (non-hydrogen) atoms. The van der Waals surface area contributed by atoms with Crippen LogP contribution in [0.4, 0.5) is 0 Å². The second-order valence-electron chi connectivity index (χ2n) is 3.70. The SMILES string of the molecule is CSc1ccc(C(Cl)c2sc(C)cc2Br)cc1. The van der Waals surface area contributed by atoms with E-state index in [-0.39, 0.29) is 5.38 Å². The smallest absolute Gasteiger partial charge is 0.0939 e. The summed E-state index contributed by atoms with van der Waals surface area (Å²) < 4.78 is 1.11. The average molecular weight is 348 g/mol. The van der Waals surface area contributed by atoms with Crippen molar-refractivity contribution >= 4 is 50.6 Å². The van der Waals surface area contributed by atoms with E-state index < -0.39 is 0 Å². The molecule has 1 heterocycles. The van der Waals surface area contributed by atoms with Gasteiger partial charge in [0.1, 0.15) is 0 Å². The summed E-state index contributed by atoms with van der Waals surface area (Å²) in [4.78, 5) is 3.72. The van der Waals surface area contributed by atoms with E-state index in [0.29, 0.717) is 0 Å². The van der Waals surface area contributed by atoms with Crippen LogP contribution in [0.1, 0.15) is 20.7 Å². The van der Waals surface area contributed by atoms with Gasteiger partial charge in [0.05, 0.1) is 5.38 Å². The summed E-state index contributed by atoms with van der Waals surface area (Å²) in [5, 5.41) is -0.0704. The number of aryl methyl sites for hydroxylation is 1. The molecule has 4 heteroatoms. The fourth-order valence-corrected chi connectivity index (χ4v) is 4.42. The molecule has 90 valence electrons. The Morgan fingerprint density at radius 1 is 1.29 bits per heavy atom. The van der Waals surface area contributed by atoms with Crippen molar-refractivity contribution in [2.75, 3.05) is 6.26 Å². The third-order valence-corrected chi connectivity index (χ3v) is 5.85. The molecule has 0 bridgehead atoms. The van der Waals surface area contributed by atoms with Gasteiger partial charge in [-0.3, -0.25) is 0 Å². The molecule has 2 aromatic rings. The Balaban J connectivity index is 2.30. The van der Waals surface area contributed by atoms with Gasteiger partial charge in [0.2, 0.25) is 0 Å². The van der Waals surface area contributed by atoms with Gasteiger partial charge in [0, 0.05) is 19.1 Å². The summed E-state index contributed by atoms with van der Waals surface area (Å²) in [6.45, 7) is 2.10. The van der Waals surface area contributed by atoms with Crippen molar-refractivity contribution in [1.29, 1.82) is 0 Å². The van der Waals surface area contributed by atoms with Crippen molar-refractivity contribution in [2.24, 2.45) is 0 Å². The van der Waals surface area contributed by atoms with Gasteiger partial charge in [-0.05, 0) is 52.9 Å². The maximum absolute atomic E-state index is 6.52. The monoisotopic (exact) mass is 346 g/mol. The minimum Gasteiger partial charge on any atom is -0.143 e. The lowest BCUT2D eigenvalue weighted by Crippen LogP contribution is -1.90. The zero-order valence-electron chi connectivity index (χ0n) is 9.54. The highest BCUT2D eigenvalue weighted by Gasteiger charge is 2.16. The highest BCUT2D eigenvalue weighted by atomic mass is 79.9. The van der Waals surface area contributed by atoms with E-state index in [1.807, 2.05) is 0 Å². The van der Waals surface area contributed by atoms with Crippen LogP contribution in [0.5, 0.6) is 0 Å². The van der Waals surface area contributed by atoms with Crippen molar-refractivity contribution in [3.8, 4) is 0 Å². The van der Waals surface area contributed by atoms with Crippen LogP contribution in [0.3, 0.4) is 0 Å². The molecule has 0 fully saturated rings. The topological polar surface area (TPSA) is 0 Å². The van der Waals surface area contributed by atoms with Crippen LogP contribution in [-0.4, -0.2) is 6.26 Å². The molecule has 1 atom stereocenters. The van der Waals surface area contributed by atoms with Gasteiger partial charge in [-0.15, -0.1) is 34.7 Å². The normalized spacial score (nSPS) is 12.7. The van der Waals surface area contributed by atoms with E-state index >= 15 is 0 Å². The first-order valence-electron chi connectivity index (χ1n) is 5.15. The Kier molecular flexibility index (Phi) is 4.59. The standard InChI is InChI=1S/C13H12BrClS2/c1-8-7-11(14)13(17-8)12(15)9-3-5-10(16-2)6-4-9/h3-7,12H,1-2H3. The lowest BCUT2D eigenvalue weighted by atomic mass is 10.1. The molecule has 0 nitrogen and oxygen atoms in total. The van der Waals surface area contributed by atoms with E-state index in [0.717, 1.165) is 10.0 Å². The molecule has 0 spiro atoms. The van der Waals surface area contributed by atoms with Gasteiger partial charge in [-0.2, -0.15) is 0 Å². The number of thioether (sulfide) groups is 1. The van der Waals surface area contributed by atoms with Crippen LogP contribution >= 0.6 is 50.6 Å². The Morgan fingerprint density at radius 2 is 1.94 bits per heavy atom. The zero-order chi connectivity index (χ0) is 12.4. The van der Waals surface area contributed by atoms with Crippen LogP contribution < -0.4 is 0 Å². The summed E-state index contributed by atoms with van der Waals surface area (Å²) in [6, 6.07) is 10.6. The molecule has 1 aromatic heterocycles. The maximum atomic E-state index is 6.52. The predicted molar refractivity (Wildman–Crippen MR) is 82.7 cm³/mol. The van der Waals surface area contributed by atoms with Crippen LogP contribution in [0, 0.1) is 6.92 Å². The van der Waals surface area contributed by atoms with E-state index in [1.165, 1.54) is 14.6 Å². The van der Waals surface area contributed by atoms with Gasteiger partial charge < -0.3 is 0 Å². The minimum atomic E-state index is -0.0704. The van der Waals surface area contributed by atoms with Gasteiger partial charge in [-0.25, -0.2) is 0 Å². The predicted octanol–water partition coefficient (Wildman–Crippen LogP) is 5.87. The summed E-state index contributed by atoms with van der Waals surface area (Å²) in [6.07, 6.45) is 2.08. The molecule has 0 aliphatic heterocycles. The number of alkyl halides is 1. The van der Waals surface area contributed by atoms with E-state index in [1.54, 1.807) is 23.1 Å². The first kappa shape index (κ1) is 13.5. The Bertz CT molecular complexity index is 505. The highest BCUT2D eigenvalue weighted by molar-refractivity contribution is 9.10. The summed E-state index contributed by atoms with van der Waals surface area (Å²) in [5.41, 5.74) is 1.15. The van der Waals surface area contributed by atoms with Crippen molar-refractivity contribution in [3.63, 3.8) is 0 Å². The second-order valence-corrected chi connectivity index (χ2v) is 7.16. The zero-order valence-corrected chi connectivity index (χ0v) is 13.5. The molecule has 0 amide bonds. The third-order valence-electron chi connectivity index (χ3n) is 2.47. The molecule has 0 aliphatic rings. The van der Waals surface area contributed by atoms with Gasteiger partial charge in [-0.1, -0.05) is 12.1 Å². The van der Waals surface area contributed by atoms with Gasteiger partial charge >= 0.3 is 0 Å². The van der Waals surface area contributed by atoms with Crippen LogP contribution in [0.2, 0.25) is 0 Å².